The number of hydrogen-bond acceptors (Lipinski definition) is 8. The summed E-state index contributed by atoms with van der Waals surface area (Å²) in [6.07, 6.45) is 0. The number of quaternary nitrogens is 2. The molecule has 2 heterocycles. The molecule has 3 N–H and O–H groups in total. The Morgan fingerprint density at radius 3 is 1.71 bits per heavy atom. The summed E-state index contributed by atoms with van der Waals surface area (Å²) in [5.41, 5.74) is 8.63. The second-order valence-corrected chi connectivity index (χ2v) is 10.7. The first-order valence-corrected chi connectivity index (χ1v) is 14.6. The second-order valence-electron chi connectivity index (χ2n) is 10.7. The van der Waals surface area contributed by atoms with Crippen LogP contribution in [0, 0.1) is 10.1 Å². The van der Waals surface area contributed by atoms with Crippen molar-refractivity contribution in [3.63, 3.8) is 0 Å². The van der Waals surface area contributed by atoms with Gasteiger partial charge in [0, 0.05) is 23.3 Å². The first-order chi connectivity index (χ1) is 20.6. The van der Waals surface area contributed by atoms with Crippen LogP contribution in [-0.4, -0.2) is 89.5 Å². The minimum atomic E-state index is -0.413. The van der Waals surface area contributed by atoms with Gasteiger partial charge in [-0.2, -0.15) is 5.10 Å². The molecule has 11 nitrogen and oxygen atoms in total. The van der Waals surface area contributed by atoms with Gasteiger partial charge in [0.15, 0.2) is 0 Å². The number of ether oxygens (including phenoxy) is 4. The van der Waals surface area contributed by atoms with E-state index in [0.717, 1.165) is 105 Å². The molecule has 0 aromatic heterocycles. The standard InChI is InChI=1S/C31H35N5O6/c37-36(38)24-3-1-23(2-4-24)32-33-31-29-21-25(41-19-13-34-9-15-39-16-10-34)5-7-27(29)28-8-6-26(22-30(28)31)42-20-14-35-11-17-40-18-12-35/h1-8,21-22,32H,9-20H2/p+2. The summed E-state index contributed by atoms with van der Waals surface area (Å²) in [6, 6.07) is 18.5. The zero-order chi connectivity index (χ0) is 28.7. The van der Waals surface area contributed by atoms with Crippen LogP contribution in [-0.2, 0) is 9.47 Å². The van der Waals surface area contributed by atoms with Gasteiger partial charge in [0.1, 0.15) is 64.0 Å². The summed E-state index contributed by atoms with van der Waals surface area (Å²) in [6.45, 7) is 10.3. The number of nitrogens with zero attached hydrogens (tertiary/aromatic N) is 2. The van der Waals surface area contributed by atoms with Crippen LogP contribution in [0.3, 0.4) is 0 Å². The Kier molecular flexibility index (Phi) is 8.90. The van der Waals surface area contributed by atoms with Crippen LogP contribution in [0.25, 0.3) is 11.1 Å². The van der Waals surface area contributed by atoms with E-state index >= 15 is 0 Å². The first kappa shape index (κ1) is 28.1. The lowest BCUT2D eigenvalue weighted by Crippen LogP contribution is -3.14. The molecule has 0 spiro atoms. The molecule has 6 rings (SSSR count). The number of hydrogen-bond donors (Lipinski definition) is 3. The monoisotopic (exact) mass is 575 g/mol. The Hall–Kier alpha value is -4.03. The minimum Gasteiger partial charge on any atom is -0.488 e. The molecule has 11 heteroatoms. The fraction of sp³-hybridized carbons (Fsp3) is 0.387. The smallest absolute Gasteiger partial charge is 0.269 e. The summed E-state index contributed by atoms with van der Waals surface area (Å²) >= 11 is 0. The van der Waals surface area contributed by atoms with E-state index in [-0.39, 0.29) is 5.69 Å². The third-order valence-corrected chi connectivity index (χ3v) is 8.01. The zero-order valence-corrected chi connectivity index (χ0v) is 23.6. The van der Waals surface area contributed by atoms with Crippen molar-refractivity contribution in [3.05, 3.63) is 81.9 Å². The highest BCUT2D eigenvalue weighted by molar-refractivity contribution is 6.25. The number of morpholine rings is 2. The predicted octanol–water partition coefficient (Wildman–Crippen LogP) is 1.03. The molecule has 0 saturated carbocycles. The third-order valence-electron chi connectivity index (χ3n) is 8.01. The molecular weight excluding hydrogens is 538 g/mol. The van der Waals surface area contributed by atoms with Crippen molar-refractivity contribution >= 4 is 17.1 Å². The fourth-order valence-electron chi connectivity index (χ4n) is 5.58. The molecule has 0 radical (unpaired) electrons. The molecule has 220 valence electrons. The van der Waals surface area contributed by atoms with Crippen molar-refractivity contribution in [2.45, 2.75) is 0 Å². The average Bonchev–Trinajstić information content (AvgIpc) is 3.33. The number of anilines is 1. The highest BCUT2D eigenvalue weighted by Gasteiger charge is 2.27. The van der Waals surface area contributed by atoms with Crippen molar-refractivity contribution in [2.75, 3.05) is 84.3 Å². The van der Waals surface area contributed by atoms with Gasteiger partial charge in [0.25, 0.3) is 5.69 Å². The van der Waals surface area contributed by atoms with Gasteiger partial charge in [0.05, 0.1) is 42.7 Å². The van der Waals surface area contributed by atoms with Gasteiger partial charge in [-0.3, -0.25) is 15.5 Å². The zero-order valence-electron chi connectivity index (χ0n) is 23.6. The van der Waals surface area contributed by atoms with E-state index in [9.17, 15) is 10.1 Å². The number of benzene rings is 3. The average molecular weight is 576 g/mol. The lowest BCUT2D eigenvalue weighted by molar-refractivity contribution is -0.908. The molecule has 3 aromatic rings. The van der Waals surface area contributed by atoms with E-state index in [1.807, 2.05) is 24.3 Å². The number of rotatable bonds is 11. The van der Waals surface area contributed by atoms with E-state index < -0.39 is 4.92 Å². The maximum atomic E-state index is 11.1. The third kappa shape index (κ3) is 6.71. The number of nitro groups is 1. The number of fused-ring (bicyclic) bond motifs is 3. The van der Waals surface area contributed by atoms with E-state index in [1.165, 1.54) is 21.9 Å². The molecule has 2 fully saturated rings. The fourth-order valence-corrected chi connectivity index (χ4v) is 5.58. The highest BCUT2D eigenvalue weighted by Crippen LogP contribution is 2.40. The van der Waals surface area contributed by atoms with Crippen molar-refractivity contribution in [1.29, 1.82) is 0 Å². The molecule has 0 bridgehead atoms. The number of non-ortho nitro benzene ring substituents is 1. The molecule has 0 atom stereocenters. The van der Waals surface area contributed by atoms with Crippen LogP contribution >= 0.6 is 0 Å². The van der Waals surface area contributed by atoms with Gasteiger partial charge >= 0.3 is 0 Å². The molecule has 2 saturated heterocycles. The topological polar surface area (TPSA) is 113 Å². The molecule has 2 aliphatic heterocycles. The second kappa shape index (κ2) is 13.3. The van der Waals surface area contributed by atoms with Gasteiger partial charge in [-0.05, 0) is 59.7 Å². The molecule has 0 unspecified atom stereocenters. The summed E-state index contributed by atoms with van der Waals surface area (Å²) < 4.78 is 23.3. The minimum absolute atomic E-state index is 0.0335. The van der Waals surface area contributed by atoms with Crippen LogP contribution in [0.4, 0.5) is 11.4 Å². The molecular formula is C31H37N5O6+2. The number of hydrazone groups is 1. The Bertz CT molecular complexity index is 1340. The molecule has 0 amide bonds. The highest BCUT2D eigenvalue weighted by atomic mass is 16.6. The van der Waals surface area contributed by atoms with Crippen LogP contribution < -0.4 is 24.7 Å². The van der Waals surface area contributed by atoms with E-state index in [4.69, 9.17) is 24.0 Å². The van der Waals surface area contributed by atoms with E-state index in [0.29, 0.717) is 18.9 Å². The van der Waals surface area contributed by atoms with Gasteiger partial charge < -0.3 is 28.7 Å². The Morgan fingerprint density at radius 2 is 1.24 bits per heavy atom. The summed E-state index contributed by atoms with van der Waals surface area (Å²) in [5, 5.41) is 15.9. The van der Waals surface area contributed by atoms with Crippen LogP contribution in [0.5, 0.6) is 11.5 Å². The Morgan fingerprint density at radius 1 is 0.738 bits per heavy atom. The number of nitro benzene ring substituents is 1. The molecule has 3 aromatic carbocycles. The molecule has 3 aliphatic rings. The normalized spacial score (nSPS) is 16.9. The van der Waals surface area contributed by atoms with Crippen LogP contribution in [0.2, 0.25) is 0 Å². The van der Waals surface area contributed by atoms with Gasteiger partial charge in [-0.25, -0.2) is 0 Å². The van der Waals surface area contributed by atoms with Crippen LogP contribution in [0.15, 0.2) is 65.8 Å². The summed E-state index contributed by atoms with van der Waals surface area (Å²) in [5.74, 6) is 1.59. The summed E-state index contributed by atoms with van der Waals surface area (Å²) in [7, 11) is 0. The predicted molar refractivity (Wildman–Crippen MR) is 158 cm³/mol. The lowest BCUT2D eigenvalue weighted by Gasteiger charge is -2.23. The van der Waals surface area contributed by atoms with Gasteiger partial charge in [-0.1, -0.05) is 0 Å². The first-order valence-electron chi connectivity index (χ1n) is 14.6. The van der Waals surface area contributed by atoms with Crippen molar-refractivity contribution in [2.24, 2.45) is 5.10 Å². The van der Waals surface area contributed by atoms with Crippen molar-refractivity contribution < 1.29 is 33.7 Å². The molecule has 42 heavy (non-hydrogen) atoms. The Labute approximate surface area is 244 Å². The van der Waals surface area contributed by atoms with Gasteiger partial charge in [-0.15, -0.1) is 0 Å². The maximum absolute atomic E-state index is 11.1. The lowest BCUT2D eigenvalue weighted by atomic mass is 10.1. The maximum Gasteiger partial charge on any atom is 0.269 e. The van der Waals surface area contributed by atoms with Crippen LogP contribution in [0.1, 0.15) is 11.1 Å². The largest absolute Gasteiger partial charge is 0.488 e. The molecule has 1 aliphatic carbocycles. The summed E-state index contributed by atoms with van der Waals surface area (Å²) in [4.78, 5) is 13.6. The van der Waals surface area contributed by atoms with E-state index in [2.05, 4.69) is 17.6 Å². The number of nitrogens with one attached hydrogen (secondary N) is 3. The van der Waals surface area contributed by atoms with E-state index in [1.54, 1.807) is 12.1 Å². The van der Waals surface area contributed by atoms with Gasteiger partial charge in [0.2, 0.25) is 0 Å². The van der Waals surface area contributed by atoms with Crippen molar-refractivity contribution in [3.8, 4) is 22.6 Å². The SMILES string of the molecule is O=[N+]([O-])c1ccc(NN=C2c3cc(OCC[NH+]4CCOCC4)ccc3-c3ccc(OCC[NH+]4CCOCC4)cc32)cc1. The van der Waals surface area contributed by atoms with Crippen molar-refractivity contribution in [1.82, 2.24) is 0 Å². The quantitative estimate of drug-likeness (QED) is 0.181. The Balaban J connectivity index is 1.21.